The summed E-state index contributed by atoms with van der Waals surface area (Å²) < 4.78 is 17.4. The minimum absolute atomic E-state index is 0.746. The highest BCUT2D eigenvalue weighted by Gasteiger charge is 2.05. The molecule has 6 nitrogen and oxygen atoms in total. The van der Waals surface area contributed by atoms with Gasteiger partial charge in [-0.25, -0.2) is 0 Å². The Hall–Kier alpha value is -0.240. The molecule has 0 aromatic heterocycles. The maximum absolute atomic E-state index is 5.94. The van der Waals surface area contributed by atoms with Crippen LogP contribution in [-0.2, 0) is 14.2 Å². The fraction of sp³-hybridized carbons (Fsp3) is 1.00. The Kier molecular flexibility index (Phi) is 26.6. The van der Waals surface area contributed by atoms with Gasteiger partial charge in [0.05, 0.1) is 6.73 Å². The molecule has 0 radical (unpaired) electrons. The van der Waals surface area contributed by atoms with E-state index in [1.807, 2.05) is 0 Å². The molecule has 0 saturated heterocycles. The molecule has 0 aromatic carbocycles. The van der Waals surface area contributed by atoms with E-state index in [1.54, 1.807) is 0 Å². The average Bonchev–Trinajstić information content (AvgIpc) is 2.76. The number of rotatable bonds is 26. The van der Waals surface area contributed by atoms with Gasteiger partial charge in [0.25, 0.3) is 0 Å². The summed E-state index contributed by atoms with van der Waals surface area (Å²) in [5.41, 5.74) is 5.51. The van der Waals surface area contributed by atoms with E-state index < -0.39 is 0 Å². The smallest absolute Gasteiger partial charge is 0.0990 e. The molecule has 0 unspecified atom stereocenters. The normalized spacial score (nSPS) is 11.6. The monoisotopic (exact) mass is 431 g/mol. The summed E-state index contributed by atoms with van der Waals surface area (Å²) in [4.78, 5) is 2.45. The molecule has 0 spiro atoms. The quantitative estimate of drug-likeness (QED) is 0.158. The summed E-state index contributed by atoms with van der Waals surface area (Å²) in [6.45, 7) is 14.6. The van der Waals surface area contributed by atoms with Crippen LogP contribution >= 0.6 is 0 Å². The van der Waals surface area contributed by atoms with E-state index in [9.17, 15) is 0 Å². The lowest BCUT2D eigenvalue weighted by atomic mass is 10.2. The van der Waals surface area contributed by atoms with Crippen molar-refractivity contribution < 1.29 is 14.2 Å². The molecule has 0 heterocycles. The van der Waals surface area contributed by atoms with Crippen molar-refractivity contribution in [2.24, 2.45) is 5.73 Å². The van der Waals surface area contributed by atoms with Crippen molar-refractivity contribution in [2.75, 3.05) is 72.5 Å². The fourth-order valence-electron chi connectivity index (χ4n) is 3.15. The number of nitrogens with two attached hydrogens (primary N) is 1. The third-order valence-corrected chi connectivity index (χ3v) is 5.08. The molecule has 0 rings (SSSR count). The van der Waals surface area contributed by atoms with Gasteiger partial charge >= 0.3 is 0 Å². The van der Waals surface area contributed by atoms with Gasteiger partial charge in [0.2, 0.25) is 0 Å². The van der Waals surface area contributed by atoms with E-state index in [2.05, 4.69) is 24.1 Å². The molecule has 0 aliphatic heterocycles. The summed E-state index contributed by atoms with van der Waals surface area (Å²) in [5, 5.41) is 3.36. The van der Waals surface area contributed by atoms with Crippen LogP contribution in [0.3, 0.4) is 0 Å². The third-order valence-electron chi connectivity index (χ3n) is 5.08. The van der Waals surface area contributed by atoms with Gasteiger partial charge in [-0.05, 0) is 77.4 Å². The van der Waals surface area contributed by atoms with E-state index in [1.165, 1.54) is 32.1 Å². The lowest BCUT2D eigenvalue weighted by molar-refractivity contribution is 0.0222. The van der Waals surface area contributed by atoms with E-state index in [-0.39, 0.29) is 0 Å². The van der Waals surface area contributed by atoms with Crippen LogP contribution in [0.1, 0.15) is 84.5 Å². The molecule has 182 valence electrons. The molecular formula is C24H53N3O3. The number of nitrogens with zero attached hydrogens (tertiary/aromatic N) is 1. The van der Waals surface area contributed by atoms with Gasteiger partial charge in [0, 0.05) is 46.1 Å². The first-order valence-corrected chi connectivity index (χ1v) is 12.7. The van der Waals surface area contributed by atoms with Crippen LogP contribution < -0.4 is 11.1 Å². The van der Waals surface area contributed by atoms with Gasteiger partial charge < -0.3 is 25.3 Å². The maximum atomic E-state index is 5.94. The number of hydrogen-bond donors (Lipinski definition) is 2. The number of ether oxygens (including phenoxy) is 3. The first kappa shape index (κ1) is 29.8. The van der Waals surface area contributed by atoms with Gasteiger partial charge in [-0.3, -0.25) is 4.90 Å². The van der Waals surface area contributed by atoms with Crippen LogP contribution in [0.15, 0.2) is 0 Å². The number of nitrogens with one attached hydrogen (secondary N) is 1. The van der Waals surface area contributed by atoms with Crippen LogP contribution in [0.25, 0.3) is 0 Å². The van der Waals surface area contributed by atoms with Crippen molar-refractivity contribution >= 4 is 0 Å². The molecule has 6 heteroatoms. The molecule has 0 fully saturated rings. The van der Waals surface area contributed by atoms with Crippen LogP contribution in [0, 0.1) is 0 Å². The van der Waals surface area contributed by atoms with E-state index in [0.717, 1.165) is 111 Å². The zero-order chi connectivity index (χ0) is 22.0. The zero-order valence-electron chi connectivity index (χ0n) is 20.3. The standard InChI is InChI=1S/C24H53N3O3/c1-3-5-10-19-28-21-13-8-17-27(24-30-23-12-7-16-26-4-2)18-9-14-22-29-20-11-6-15-25/h26H,3-25H2,1-2H3. The van der Waals surface area contributed by atoms with Crippen LogP contribution in [0.2, 0.25) is 0 Å². The van der Waals surface area contributed by atoms with E-state index >= 15 is 0 Å². The highest BCUT2D eigenvalue weighted by Crippen LogP contribution is 2.03. The van der Waals surface area contributed by atoms with Gasteiger partial charge in [-0.2, -0.15) is 0 Å². The number of hydrogen-bond acceptors (Lipinski definition) is 6. The van der Waals surface area contributed by atoms with Crippen LogP contribution in [0.4, 0.5) is 0 Å². The highest BCUT2D eigenvalue weighted by molar-refractivity contribution is 4.56. The molecule has 0 aromatic rings. The van der Waals surface area contributed by atoms with Gasteiger partial charge in [0.1, 0.15) is 0 Å². The molecule has 0 aliphatic rings. The summed E-state index contributed by atoms with van der Waals surface area (Å²) in [6, 6.07) is 0. The zero-order valence-corrected chi connectivity index (χ0v) is 20.3. The molecular weight excluding hydrogens is 378 g/mol. The molecule has 0 atom stereocenters. The van der Waals surface area contributed by atoms with Crippen LogP contribution in [0.5, 0.6) is 0 Å². The minimum atomic E-state index is 0.746. The van der Waals surface area contributed by atoms with Gasteiger partial charge in [-0.15, -0.1) is 0 Å². The van der Waals surface area contributed by atoms with E-state index in [4.69, 9.17) is 19.9 Å². The largest absolute Gasteiger partial charge is 0.381 e. The van der Waals surface area contributed by atoms with Gasteiger partial charge in [-0.1, -0.05) is 26.7 Å². The fourth-order valence-corrected chi connectivity index (χ4v) is 3.15. The Balaban J connectivity index is 3.81. The van der Waals surface area contributed by atoms with Crippen molar-refractivity contribution in [3.63, 3.8) is 0 Å². The Bertz CT molecular complexity index is 289. The average molecular weight is 432 g/mol. The highest BCUT2D eigenvalue weighted by atomic mass is 16.5. The summed E-state index contributed by atoms with van der Waals surface area (Å²) in [7, 11) is 0. The number of unbranched alkanes of at least 4 members (excludes halogenated alkanes) is 6. The molecule has 30 heavy (non-hydrogen) atoms. The second kappa shape index (κ2) is 26.8. The topological polar surface area (TPSA) is 69.0 Å². The van der Waals surface area contributed by atoms with Crippen molar-refractivity contribution in [1.82, 2.24) is 10.2 Å². The molecule has 0 saturated carbocycles. The lowest BCUT2D eigenvalue weighted by Gasteiger charge is -2.22. The van der Waals surface area contributed by atoms with Crippen molar-refractivity contribution in [1.29, 1.82) is 0 Å². The second-order valence-corrected chi connectivity index (χ2v) is 8.06. The summed E-state index contributed by atoms with van der Waals surface area (Å²) >= 11 is 0. The molecule has 0 amide bonds. The Labute approximate surface area is 187 Å². The second-order valence-electron chi connectivity index (χ2n) is 8.06. The summed E-state index contributed by atoms with van der Waals surface area (Å²) in [5.74, 6) is 0. The Morgan fingerprint density at radius 1 is 0.633 bits per heavy atom. The molecule has 0 aliphatic carbocycles. The van der Waals surface area contributed by atoms with Crippen molar-refractivity contribution in [3.05, 3.63) is 0 Å². The maximum Gasteiger partial charge on any atom is 0.0990 e. The molecule has 0 bridgehead atoms. The predicted molar refractivity (Wildman–Crippen MR) is 128 cm³/mol. The van der Waals surface area contributed by atoms with E-state index in [0.29, 0.717) is 0 Å². The lowest BCUT2D eigenvalue weighted by Crippen LogP contribution is -2.29. The first-order valence-electron chi connectivity index (χ1n) is 12.7. The van der Waals surface area contributed by atoms with Crippen molar-refractivity contribution in [3.8, 4) is 0 Å². The van der Waals surface area contributed by atoms with Gasteiger partial charge in [0.15, 0.2) is 0 Å². The Morgan fingerprint density at radius 3 is 1.73 bits per heavy atom. The van der Waals surface area contributed by atoms with Crippen molar-refractivity contribution in [2.45, 2.75) is 84.5 Å². The third kappa shape index (κ3) is 24.0. The first-order chi connectivity index (χ1) is 14.8. The molecule has 3 N–H and O–H groups in total. The SMILES string of the molecule is CCCCCOCCCCN(CCCCOCCCCN)COCCCCNCC. The van der Waals surface area contributed by atoms with Crippen LogP contribution in [-0.4, -0.2) is 77.4 Å². The minimum Gasteiger partial charge on any atom is -0.381 e. The Morgan fingerprint density at radius 2 is 1.17 bits per heavy atom. The summed E-state index contributed by atoms with van der Waals surface area (Å²) in [6.07, 6.45) is 12.8. The predicted octanol–water partition coefficient (Wildman–Crippen LogP) is 4.17.